The van der Waals surface area contributed by atoms with Crippen LogP contribution in [0.5, 0.6) is 0 Å². The van der Waals surface area contributed by atoms with E-state index in [9.17, 15) is 14.4 Å². The van der Waals surface area contributed by atoms with Crippen LogP contribution in [0, 0.1) is 0 Å². The number of benzene rings is 2. The summed E-state index contributed by atoms with van der Waals surface area (Å²) in [6, 6.07) is 12.2. The summed E-state index contributed by atoms with van der Waals surface area (Å²) in [6.45, 7) is 0. The van der Waals surface area contributed by atoms with Crippen LogP contribution in [0.1, 0.15) is 10.4 Å². The molecule has 2 aromatic carbocycles. The summed E-state index contributed by atoms with van der Waals surface area (Å²) in [5.74, 6) is -0.622. The molecule has 3 rings (SSSR count). The number of carbonyl (C=O) groups is 2. The summed E-state index contributed by atoms with van der Waals surface area (Å²) in [4.78, 5) is 36.7. The van der Waals surface area contributed by atoms with Crippen LogP contribution in [-0.4, -0.2) is 21.7 Å². The van der Waals surface area contributed by atoms with Crippen LogP contribution < -0.4 is 16.2 Å². The molecule has 0 bridgehead atoms. The molecule has 142 valence electrons. The lowest BCUT2D eigenvalue weighted by Crippen LogP contribution is -2.35. The normalized spacial score (nSPS) is 10.4. The second-order valence-electron chi connectivity index (χ2n) is 5.45. The van der Waals surface area contributed by atoms with Gasteiger partial charge in [-0.05, 0) is 52.3 Å². The molecule has 0 fully saturated rings. The van der Waals surface area contributed by atoms with Crippen LogP contribution in [0.4, 0.5) is 10.5 Å². The molecule has 0 saturated heterocycles. The molecule has 0 aliphatic heterocycles. The SMILES string of the molecule is O=C(NC(=O)c1ccccc1Br)Nc1cnn(-c2ccc(Cl)cc2)c(=O)c1Cl. The molecule has 0 unspecified atom stereocenters. The highest BCUT2D eigenvalue weighted by Crippen LogP contribution is 2.18. The number of hydrogen-bond donors (Lipinski definition) is 2. The maximum absolute atomic E-state index is 12.4. The van der Waals surface area contributed by atoms with Gasteiger partial charge in [-0.1, -0.05) is 35.3 Å². The Bertz CT molecular complexity index is 1120. The highest BCUT2D eigenvalue weighted by Gasteiger charge is 2.16. The van der Waals surface area contributed by atoms with Crippen LogP contribution in [0.3, 0.4) is 0 Å². The van der Waals surface area contributed by atoms with E-state index in [1.807, 2.05) is 0 Å². The monoisotopic (exact) mass is 480 g/mol. The highest BCUT2D eigenvalue weighted by molar-refractivity contribution is 9.10. The van der Waals surface area contributed by atoms with Crippen molar-refractivity contribution < 1.29 is 9.59 Å². The Morgan fingerprint density at radius 3 is 2.39 bits per heavy atom. The van der Waals surface area contributed by atoms with Crippen molar-refractivity contribution in [3.63, 3.8) is 0 Å². The maximum atomic E-state index is 12.4. The van der Waals surface area contributed by atoms with Gasteiger partial charge >= 0.3 is 6.03 Å². The number of carbonyl (C=O) groups excluding carboxylic acids is 2. The third kappa shape index (κ3) is 4.41. The summed E-state index contributed by atoms with van der Waals surface area (Å²) in [7, 11) is 0. The third-order valence-corrected chi connectivity index (χ3v) is 4.89. The number of halogens is 3. The van der Waals surface area contributed by atoms with Crippen molar-refractivity contribution in [1.29, 1.82) is 0 Å². The van der Waals surface area contributed by atoms with Crippen molar-refractivity contribution in [1.82, 2.24) is 15.1 Å². The van der Waals surface area contributed by atoms with Gasteiger partial charge in [-0.3, -0.25) is 14.9 Å². The molecule has 0 radical (unpaired) electrons. The van der Waals surface area contributed by atoms with E-state index in [1.165, 1.54) is 6.20 Å². The Hall–Kier alpha value is -2.68. The van der Waals surface area contributed by atoms with Gasteiger partial charge in [0, 0.05) is 9.50 Å². The van der Waals surface area contributed by atoms with Crippen LogP contribution in [0.2, 0.25) is 10.0 Å². The Kier molecular flexibility index (Phi) is 6.13. The quantitative estimate of drug-likeness (QED) is 0.584. The number of rotatable bonds is 3. The van der Waals surface area contributed by atoms with Gasteiger partial charge in [0.05, 0.1) is 23.1 Å². The number of hydrogen-bond acceptors (Lipinski definition) is 4. The van der Waals surface area contributed by atoms with E-state index in [2.05, 4.69) is 31.7 Å². The Labute approximate surface area is 177 Å². The summed E-state index contributed by atoms with van der Waals surface area (Å²) in [6.07, 6.45) is 1.21. The van der Waals surface area contributed by atoms with Crippen molar-refractivity contribution in [3.05, 3.63) is 85.2 Å². The van der Waals surface area contributed by atoms with E-state index in [0.29, 0.717) is 15.2 Å². The van der Waals surface area contributed by atoms with Gasteiger partial charge < -0.3 is 5.32 Å². The van der Waals surface area contributed by atoms with Crippen LogP contribution >= 0.6 is 39.1 Å². The Morgan fingerprint density at radius 2 is 1.71 bits per heavy atom. The van der Waals surface area contributed by atoms with E-state index >= 15 is 0 Å². The van der Waals surface area contributed by atoms with Gasteiger partial charge in [0.2, 0.25) is 0 Å². The van der Waals surface area contributed by atoms with E-state index in [1.54, 1.807) is 48.5 Å². The number of amides is 3. The van der Waals surface area contributed by atoms with Gasteiger partial charge in [0.15, 0.2) is 0 Å². The molecular weight excluding hydrogens is 471 g/mol. The number of aromatic nitrogens is 2. The summed E-state index contributed by atoms with van der Waals surface area (Å²) in [5.41, 5.74) is 0.0599. The summed E-state index contributed by atoms with van der Waals surface area (Å²) >= 11 is 15.1. The van der Waals surface area contributed by atoms with Gasteiger partial charge in [0.1, 0.15) is 5.02 Å². The van der Waals surface area contributed by atoms with E-state index in [-0.39, 0.29) is 16.3 Å². The second-order valence-corrected chi connectivity index (χ2v) is 7.12. The molecule has 3 aromatic rings. The van der Waals surface area contributed by atoms with E-state index < -0.39 is 17.5 Å². The number of nitrogens with zero attached hydrogens (tertiary/aromatic N) is 2. The fourth-order valence-corrected chi connectivity index (χ4v) is 3.02. The molecule has 0 aliphatic rings. The Morgan fingerprint density at radius 1 is 1.04 bits per heavy atom. The largest absolute Gasteiger partial charge is 0.326 e. The van der Waals surface area contributed by atoms with Gasteiger partial charge in [0.25, 0.3) is 11.5 Å². The van der Waals surface area contributed by atoms with Crippen molar-refractivity contribution in [2.45, 2.75) is 0 Å². The molecule has 28 heavy (non-hydrogen) atoms. The first-order chi connectivity index (χ1) is 13.4. The minimum Gasteiger partial charge on any atom is -0.305 e. The fraction of sp³-hybridized carbons (Fsp3) is 0. The molecule has 0 saturated carbocycles. The molecule has 10 heteroatoms. The molecule has 0 spiro atoms. The first-order valence-electron chi connectivity index (χ1n) is 7.77. The average molecular weight is 482 g/mol. The highest BCUT2D eigenvalue weighted by atomic mass is 79.9. The number of urea groups is 1. The molecule has 1 heterocycles. The smallest absolute Gasteiger partial charge is 0.305 e. The second kappa shape index (κ2) is 8.55. The Balaban J connectivity index is 1.77. The van der Waals surface area contributed by atoms with Crippen molar-refractivity contribution >= 4 is 56.8 Å². The molecular formula is C18H11BrCl2N4O3. The lowest BCUT2D eigenvalue weighted by Gasteiger charge is -2.10. The molecule has 1 aromatic heterocycles. The first-order valence-corrected chi connectivity index (χ1v) is 9.32. The van der Waals surface area contributed by atoms with Crippen LogP contribution in [0.15, 0.2) is 64.0 Å². The predicted molar refractivity (Wildman–Crippen MR) is 110 cm³/mol. The summed E-state index contributed by atoms with van der Waals surface area (Å²) < 4.78 is 1.60. The average Bonchev–Trinajstić information content (AvgIpc) is 2.67. The van der Waals surface area contributed by atoms with Crippen LogP contribution in [0.25, 0.3) is 5.69 Å². The summed E-state index contributed by atoms with van der Waals surface area (Å²) in [5, 5.41) is 8.74. The zero-order valence-corrected chi connectivity index (χ0v) is 17.0. The van der Waals surface area contributed by atoms with Gasteiger partial charge in [-0.15, -0.1) is 0 Å². The fourth-order valence-electron chi connectivity index (χ4n) is 2.26. The van der Waals surface area contributed by atoms with Crippen molar-refractivity contribution in [2.75, 3.05) is 5.32 Å². The van der Waals surface area contributed by atoms with Gasteiger partial charge in [-0.25, -0.2) is 4.79 Å². The molecule has 2 N–H and O–H groups in total. The number of nitrogens with one attached hydrogen (secondary N) is 2. The van der Waals surface area contributed by atoms with Gasteiger partial charge in [-0.2, -0.15) is 9.78 Å². The number of imide groups is 1. The maximum Gasteiger partial charge on any atom is 0.326 e. The zero-order valence-electron chi connectivity index (χ0n) is 13.9. The van der Waals surface area contributed by atoms with Crippen molar-refractivity contribution in [2.24, 2.45) is 0 Å². The molecule has 0 aliphatic carbocycles. The molecule has 3 amide bonds. The predicted octanol–water partition coefficient (Wildman–Crippen LogP) is 4.26. The van der Waals surface area contributed by atoms with E-state index in [4.69, 9.17) is 23.2 Å². The molecule has 7 nitrogen and oxygen atoms in total. The lowest BCUT2D eigenvalue weighted by atomic mass is 10.2. The minimum atomic E-state index is -0.854. The van der Waals surface area contributed by atoms with Crippen molar-refractivity contribution in [3.8, 4) is 5.69 Å². The minimum absolute atomic E-state index is 0.0330. The third-order valence-electron chi connectivity index (χ3n) is 3.58. The zero-order chi connectivity index (χ0) is 20.3. The standard InChI is InChI=1S/C18H11BrCl2N4O3/c19-13-4-2-1-3-12(13)16(26)24-18(28)23-14-9-22-25(17(27)15(14)21)11-7-5-10(20)6-8-11/h1-9H,(H2,23,24,26,28). The number of anilines is 1. The molecule has 0 atom stereocenters. The van der Waals surface area contributed by atoms with Crippen LogP contribution in [-0.2, 0) is 0 Å². The first kappa shape index (κ1) is 20.1. The topological polar surface area (TPSA) is 93.1 Å². The van der Waals surface area contributed by atoms with E-state index in [0.717, 1.165) is 4.68 Å². The lowest BCUT2D eigenvalue weighted by molar-refractivity contribution is 0.0966.